The van der Waals surface area contributed by atoms with Gasteiger partial charge in [-0.2, -0.15) is 15.0 Å². The second kappa shape index (κ2) is 7.77. The molecule has 3 N–H and O–H groups in total. The number of anilines is 3. The predicted molar refractivity (Wildman–Crippen MR) is 99.0 cm³/mol. The monoisotopic (exact) mass is 367 g/mol. The van der Waals surface area contributed by atoms with Gasteiger partial charge in [-0.25, -0.2) is 9.18 Å². The fraction of sp³-hybridized carbons (Fsp3) is 0.158. The number of aryl methyl sites for hydroxylation is 2. The number of benzene rings is 2. The number of nitrogens with one attached hydrogen (secondary N) is 1. The zero-order valence-electron chi connectivity index (χ0n) is 14.9. The Morgan fingerprint density at radius 3 is 2.56 bits per heavy atom. The van der Waals surface area contributed by atoms with Crippen molar-refractivity contribution in [1.29, 1.82) is 0 Å². The maximum absolute atomic E-state index is 13.6. The standard InChI is InChI=1S/C19H18FN5O2/c1-11-3-7-14(8-4-11)22-19-24-16(23-18(21)25-19)10-27-17(26)13-6-5-12(2)15(20)9-13/h3-9H,10H2,1-2H3,(H3,21,22,23,24,25). The van der Waals surface area contributed by atoms with E-state index in [1.54, 1.807) is 6.92 Å². The summed E-state index contributed by atoms with van der Waals surface area (Å²) in [6, 6.07) is 11.8. The van der Waals surface area contributed by atoms with Crippen molar-refractivity contribution in [3.63, 3.8) is 0 Å². The molecule has 0 bridgehead atoms. The van der Waals surface area contributed by atoms with Crippen LogP contribution in [-0.4, -0.2) is 20.9 Å². The van der Waals surface area contributed by atoms with Crippen molar-refractivity contribution in [2.24, 2.45) is 0 Å². The summed E-state index contributed by atoms with van der Waals surface area (Å²) in [7, 11) is 0. The molecule has 3 rings (SSSR count). The summed E-state index contributed by atoms with van der Waals surface area (Å²) in [4.78, 5) is 24.2. The molecular weight excluding hydrogens is 349 g/mol. The fourth-order valence-electron chi connectivity index (χ4n) is 2.26. The molecule has 2 aromatic carbocycles. The molecule has 0 saturated carbocycles. The molecular formula is C19H18FN5O2. The molecule has 8 heteroatoms. The number of aromatic nitrogens is 3. The van der Waals surface area contributed by atoms with Crippen LogP contribution < -0.4 is 11.1 Å². The summed E-state index contributed by atoms with van der Waals surface area (Å²) >= 11 is 0. The lowest BCUT2D eigenvalue weighted by atomic mass is 10.1. The molecule has 1 heterocycles. The number of carbonyl (C=O) groups is 1. The Balaban J connectivity index is 1.69. The largest absolute Gasteiger partial charge is 0.454 e. The number of nitrogens with zero attached hydrogens (tertiary/aromatic N) is 3. The van der Waals surface area contributed by atoms with Gasteiger partial charge in [0.15, 0.2) is 12.4 Å². The maximum atomic E-state index is 13.6. The zero-order chi connectivity index (χ0) is 19.4. The molecule has 1 aromatic heterocycles. The van der Waals surface area contributed by atoms with Gasteiger partial charge in [0.1, 0.15) is 5.82 Å². The van der Waals surface area contributed by atoms with E-state index in [2.05, 4.69) is 20.3 Å². The topological polar surface area (TPSA) is 103 Å². The average molecular weight is 367 g/mol. The highest BCUT2D eigenvalue weighted by Gasteiger charge is 2.12. The fourth-order valence-corrected chi connectivity index (χ4v) is 2.26. The second-order valence-corrected chi connectivity index (χ2v) is 5.96. The Bertz CT molecular complexity index is 976. The van der Waals surface area contributed by atoms with Gasteiger partial charge in [0.25, 0.3) is 0 Å². The van der Waals surface area contributed by atoms with Crippen molar-refractivity contribution in [3.8, 4) is 0 Å². The van der Waals surface area contributed by atoms with E-state index in [9.17, 15) is 9.18 Å². The number of nitrogen functional groups attached to an aromatic ring is 1. The molecule has 0 fully saturated rings. The molecule has 27 heavy (non-hydrogen) atoms. The van der Waals surface area contributed by atoms with Crippen LogP contribution in [0.4, 0.5) is 22.0 Å². The molecule has 0 aliphatic heterocycles. The van der Waals surface area contributed by atoms with Gasteiger partial charge in [-0.1, -0.05) is 23.8 Å². The third-order valence-corrected chi connectivity index (χ3v) is 3.75. The first kappa shape index (κ1) is 18.2. The number of nitrogens with two attached hydrogens (primary N) is 1. The van der Waals surface area contributed by atoms with E-state index in [0.717, 1.165) is 17.3 Å². The van der Waals surface area contributed by atoms with E-state index in [1.165, 1.54) is 12.1 Å². The normalized spacial score (nSPS) is 10.5. The van der Waals surface area contributed by atoms with Gasteiger partial charge in [-0.05, 0) is 43.7 Å². The molecule has 3 aromatic rings. The van der Waals surface area contributed by atoms with E-state index >= 15 is 0 Å². The molecule has 0 spiro atoms. The van der Waals surface area contributed by atoms with E-state index in [-0.39, 0.29) is 29.9 Å². The highest BCUT2D eigenvalue weighted by molar-refractivity contribution is 5.89. The predicted octanol–water partition coefficient (Wildman–Crippen LogP) is 3.31. The number of rotatable bonds is 5. The molecule has 0 aliphatic rings. The number of halogens is 1. The van der Waals surface area contributed by atoms with Crippen molar-refractivity contribution in [1.82, 2.24) is 15.0 Å². The van der Waals surface area contributed by atoms with Gasteiger partial charge in [0.2, 0.25) is 11.9 Å². The minimum atomic E-state index is -0.680. The van der Waals surface area contributed by atoms with E-state index < -0.39 is 11.8 Å². The molecule has 0 amide bonds. The highest BCUT2D eigenvalue weighted by Crippen LogP contribution is 2.15. The first-order valence-corrected chi connectivity index (χ1v) is 8.18. The van der Waals surface area contributed by atoms with Crippen LogP contribution in [0.3, 0.4) is 0 Å². The van der Waals surface area contributed by atoms with Crippen LogP contribution in [0, 0.1) is 19.7 Å². The summed E-state index contributed by atoms with van der Waals surface area (Å²) in [6.45, 7) is 3.38. The summed E-state index contributed by atoms with van der Waals surface area (Å²) in [6.07, 6.45) is 0. The summed E-state index contributed by atoms with van der Waals surface area (Å²) < 4.78 is 18.7. The van der Waals surface area contributed by atoms with Gasteiger partial charge in [-0.15, -0.1) is 0 Å². The first-order valence-electron chi connectivity index (χ1n) is 8.18. The Morgan fingerprint density at radius 1 is 1.11 bits per heavy atom. The van der Waals surface area contributed by atoms with Crippen LogP contribution >= 0.6 is 0 Å². The summed E-state index contributed by atoms with van der Waals surface area (Å²) in [5.74, 6) is -0.747. The lowest BCUT2D eigenvalue weighted by Gasteiger charge is -2.08. The van der Waals surface area contributed by atoms with Crippen LogP contribution in [0.1, 0.15) is 27.3 Å². The molecule has 0 unspecified atom stereocenters. The van der Waals surface area contributed by atoms with Crippen molar-refractivity contribution >= 4 is 23.6 Å². The van der Waals surface area contributed by atoms with Gasteiger partial charge in [0.05, 0.1) is 5.56 Å². The quantitative estimate of drug-likeness (QED) is 0.667. The SMILES string of the molecule is Cc1ccc(Nc2nc(N)nc(COC(=O)c3ccc(C)c(F)c3)n2)cc1. The molecule has 0 atom stereocenters. The number of carbonyl (C=O) groups excluding carboxylic acids is 1. The van der Waals surface area contributed by atoms with E-state index in [4.69, 9.17) is 10.5 Å². The Labute approximate surface area is 155 Å². The summed E-state index contributed by atoms with van der Waals surface area (Å²) in [5, 5.41) is 3.01. The Morgan fingerprint density at radius 2 is 1.85 bits per heavy atom. The highest BCUT2D eigenvalue weighted by atomic mass is 19.1. The average Bonchev–Trinajstić information content (AvgIpc) is 2.63. The molecule has 0 radical (unpaired) electrons. The van der Waals surface area contributed by atoms with Crippen LogP contribution in [0.25, 0.3) is 0 Å². The molecule has 0 aliphatic carbocycles. The second-order valence-electron chi connectivity index (χ2n) is 5.96. The smallest absolute Gasteiger partial charge is 0.338 e. The lowest BCUT2D eigenvalue weighted by Crippen LogP contribution is -2.11. The molecule has 7 nitrogen and oxygen atoms in total. The zero-order valence-corrected chi connectivity index (χ0v) is 14.9. The van der Waals surface area contributed by atoms with Crippen LogP contribution in [0.15, 0.2) is 42.5 Å². The first-order chi connectivity index (χ1) is 12.9. The number of esters is 1. The minimum Gasteiger partial charge on any atom is -0.454 e. The third-order valence-electron chi connectivity index (χ3n) is 3.75. The van der Waals surface area contributed by atoms with E-state index in [0.29, 0.717) is 5.56 Å². The summed E-state index contributed by atoms with van der Waals surface area (Å²) in [5.41, 5.74) is 8.16. The van der Waals surface area contributed by atoms with Gasteiger partial charge in [0, 0.05) is 5.69 Å². The van der Waals surface area contributed by atoms with Gasteiger partial charge >= 0.3 is 5.97 Å². The number of hydrogen-bond donors (Lipinski definition) is 2. The molecule has 0 saturated heterocycles. The van der Waals surface area contributed by atoms with Crippen LogP contribution in [0.2, 0.25) is 0 Å². The number of hydrogen-bond acceptors (Lipinski definition) is 7. The van der Waals surface area contributed by atoms with Gasteiger partial charge < -0.3 is 15.8 Å². The molecule has 138 valence electrons. The lowest BCUT2D eigenvalue weighted by molar-refractivity contribution is 0.0461. The van der Waals surface area contributed by atoms with Crippen molar-refractivity contribution in [3.05, 3.63) is 70.8 Å². The van der Waals surface area contributed by atoms with Crippen LogP contribution in [-0.2, 0) is 11.3 Å². The third kappa shape index (κ3) is 4.75. The Hall–Kier alpha value is -3.55. The van der Waals surface area contributed by atoms with Crippen molar-refractivity contribution in [2.75, 3.05) is 11.1 Å². The maximum Gasteiger partial charge on any atom is 0.338 e. The minimum absolute atomic E-state index is 0.00737. The van der Waals surface area contributed by atoms with Gasteiger partial charge in [-0.3, -0.25) is 0 Å². The Kier molecular flexibility index (Phi) is 5.25. The van der Waals surface area contributed by atoms with Crippen LogP contribution in [0.5, 0.6) is 0 Å². The van der Waals surface area contributed by atoms with Crippen molar-refractivity contribution in [2.45, 2.75) is 20.5 Å². The number of ether oxygens (including phenoxy) is 1. The van der Waals surface area contributed by atoms with Crippen molar-refractivity contribution < 1.29 is 13.9 Å². The van der Waals surface area contributed by atoms with E-state index in [1.807, 2.05) is 31.2 Å².